The van der Waals surface area contributed by atoms with Crippen molar-refractivity contribution in [1.29, 1.82) is 0 Å². The molecule has 0 spiro atoms. The first kappa shape index (κ1) is 18.7. The maximum atomic E-state index is 12.4. The molecular formula is C18H26ClN3O2. The molecule has 1 heterocycles. The molecule has 2 aliphatic rings. The van der Waals surface area contributed by atoms with Gasteiger partial charge in [0.05, 0.1) is 0 Å². The van der Waals surface area contributed by atoms with Crippen LogP contribution in [0.5, 0.6) is 0 Å². The fraction of sp³-hybridized carbons (Fsp3) is 0.556. The highest BCUT2D eigenvalue weighted by Gasteiger charge is 2.31. The molecule has 1 aromatic rings. The van der Waals surface area contributed by atoms with Crippen molar-refractivity contribution >= 4 is 29.9 Å². The Hall–Kier alpha value is -1.59. The van der Waals surface area contributed by atoms with Gasteiger partial charge in [-0.25, -0.2) is 0 Å². The van der Waals surface area contributed by atoms with E-state index < -0.39 is 0 Å². The smallest absolute Gasteiger partial charge is 0.253 e. The molecule has 1 aliphatic carbocycles. The van der Waals surface area contributed by atoms with Gasteiger partial charge in [-0.05, 0) is 62.4 Å². The molecule has 2 amide bonds. The summed E-state index contributed by atoms with van der Waals surface area (Å²) in [5, 5.41) is 2.96. The highest BCUT2D eigenvalue weighted by Crippen LogP contribution is 2.31. The van der Waals surface area contributed by atoms with Crippen LogP contribution in [-0.4, -0.2) is 36.3 Å². The van der Waals surface area contributed by atoms with Crippen LogP contribution in [0.1, 0.15) is 42.5 Å². The molecule has 1 aromatic carbocycles. The Morgan fingerprint density at radius 3 is 2.38 bits per heavy atom. The zero-order valence-corrected chi connectivity index (χ0v) is 14.7. The molecule has 1 saturated carbocycles. The van der Waals surface area contributed by atoms with E-state index in [0.29, 0.717) is 18.0 Å². The van der Waals surface area contributed by atoms with Crippen LogP contribution >= 0.6 is 12.4 Å². The average Bonchev–Trinajstić information content (AvgIpc) is 3.26. The Labute approximate surface area is 149 Å². The molecule has 1 aliphatic heterocycles. The highest BCUT2D eigenvalue weighted by molar-refractivity contribution is 5.96. The van der Waals surface area contributed by atoms with E-state index in [1.165, 1.54) is 0 Å². The summed E-state index contributed by atoms with van der Waals surface area (Å²) in [6.45, 7) is 2.26. The minimum absolute atomic E-state index is 0. The lowest BCUT2D eigenvalue weighted by Gasteiger charge is -2.18. The third kappa shape index (κ3) is 4.08. The van der Waals surface area contributed by atoms with Gasteiger partial charge in [-0.1, -0.05) is 6.42 Å². The van der Waals surface area contributed by atoms with Gasteiger partial charge in [0.1, 0.15) is 0 Å². The Morgan fingerprint density at radius 2 is 1.75 bits per heavy atom. The number of anilines is 1. The van der Waals surface area contributed by atoms with E-state index in [0.717, 1.165) is 50.9 Å². The second-order valence-electron chi connectivity index (χ2n) is 6.60. The zero-order chi connectivity index (χ0) is 16.2. The average molecular weight is 352 g/mol. The van der Waals surface area contributed by atoms with E-state index in [1.54, 1.807) is 12.1 Å². The molecule has 1 saturated heterocycles. The van der Waals surface area contributed by atoms with Gasteiger partial charge in [0.2, 0.25) is 5.91 Å². The Balaban J connectivity index is 0.00000208. The first-order chi connectivity index (χ1) is 11.2. The quantitative estimate of drug-likeness (QED) is 0.875. The molecule has 0 radical (unpaired) electrons. The van der Waals surface area contributed by atoms with E-state index in [1.807, 2.05) is 17.0 Å². The SMILES string of the molecule is Cl.NC[C@H]1CCC[C@H]1C(=O)Nc1ccc(C(=O)N2CCCC2)cc1. The molecule has 0 unspecified atom stereocenters. The van der Waals surface area contributed by atoms with Crippen LogP contribution < -0.4 is 11.1 Å². The van der Waals surface area contributed by atoms with Crippen LogP contribution in [0.4, 0.5) is 5.69 Å². The lowest BCUT2D eigenvalue weighted by molar-refractivity contribution is -0.120. The molecule has 2 atom stereocenters. The molecular weight excluding hydrogens is 326 g/mol. The molecule has 6 heteroatoms. The van der Waals surface area contributed by atoms with Gasteiger partial charge < -0.3 is 16.0 Å². The van der Waals surface area contributed by atoms with Crippen LogP contribution in [0.25, 0.3) is 0 Å². The van der Waals surface area contributed by atoms with Crippen molar-refractivity contribution in [2.45, 2.75) is 32.1 Å². The minimum atomic E-state index is 0. The van der Waals surface area contributed by atoms with Crippen LogP contribution in [0.2, 0.25) is 0 Å². The van der Waals surface area contributed by atoms with E-state index >= 15 is 0 Å². The summed E-state index contributed by atoms with van der Waals surface area (Å²) in [4.78, 5) is 26.6. The third-order valence-corrected chi connectivity index (χ3v) is 5.09. The molecule has 132 valence electrons. The first-order valence-electron chi connectivity index (χ1n) is 8.59. The van der Waals surface area contributed by atoms with Crippen molar-refractivity contribution in [1.82, 2.24) is 4.90 Å². The number of likely N-dealkylation sites (tertiary alicyclic amines) is 1. The lowest BCUT2D eigenvalue weighted by Crippen LogP contribution is -2.30. The highest BCUT2D eigenvalue weighted by atomic mass is 35.5. The number of benzene rings is 1. The van der Waals surface area contributed by atoms with Gasteiger partial charge in [0.15, 0.2) is 0 Å². The summed E-state index contributed by atoms with van der Waals surface area (Å²) < 4.78 is 0. The van der Waals surface area contributed by atoms with Gasteiger partial charge in [-0.2, -0.15) is 0 Å². The summed E-state index contributed by atoms with van der Waals surface area (Å²) >= 11 is 0. The van der Waals surface area contributed by atoms with E-state index in [-0.39, 0.29) is 30.1 Å². The van der Waals surface area contributed by atoms with Crippen molar-refractivity contribution < 1.29 is 9.59 Å². The molecule has 24 heavy (non-hydrogen) atoms. The standard InChI is InChI=1S/C18H25N3O2.ClH/c19-12-14-4-3-5-16(14)17(22)20-15-8-6-13(7-9-15)18(23)21-10-1-2-11-21;/h6-9,14,16H,1-5,10-12,19H2,(H,20,22);1H/t14-,16-;/m1./s1. The van der Waals surface area contributed by atoms with Gasteiger partial charge >= 0.3 is 0 Å². The number of nitrogens with one attached hydrogen (secondary N) is 1. The Bertz CT molecular complexity index is 570. The van der Waals surface area contributed by atoms with Crippen LogP contribution in [0.3, 0.4) is 0 Å². The molecule has 0 bridgehead atoms. The minimum Gasteiger partial charge on any atom is -0.339 e. The summed E-state index contributed by atoms with van der Waals surface area (Å²) in [6, 6.07) is 7.22. The van der Waals surface area contributed by atoms with Gasteiger partial charge in [0.25, 0.3) is 5.91 Å². The van der Waals surface area contributed by atoms with E-state index in [4.69, 9.17) is 5.73 Å². The summed E-state index contributed by atoms with van der Waals surface area (Å²) in [7, 11) is 0. The number of rotatable bonds is 4. The molecule has 5 nitrogen and oxygen atoms in total. The number of hydrogen-bond acceptors (Lipinski definition) is 3. The maximum Gasteiger partial charge on any atom is 0.253 e. The predicted octanol–water partition coefficient (Wildman–Crippen LogP) is 2.66. The summed E-state index contributed by atoms with van der Waals surface area (Å²) in [5.74, 6) is 0.452. The third-order valence-electron chi connectivity index (χ3n) is 5.09. The van der Waals surface area contributed by atoms with E-state index in [2.05, 4.69) is 5.32 Å². The number of amides is 2. The van der Waals surface area contributed by atoms with Crippen LogP contribution in [-0.2, 0) is 4.79 Å². The fourth-order valence-electron chi connectivity index (χ4n) is 3.70. The number of hydrogen-bond donors (Lipinski definition) is 2. The van der Waals surface area contributed by atoms with Crippen molar-refractivity contribution in [3.8, 4) is 0 Å². The van der Waals surface area contributed by atoms with Crippen LogP contribution in [0, 0.1) is 11.8 Å². The molecule has 3 N–H and O–H groups in total. The first-order valence-corrected chi connectivity index (χ1v) is 8.59. The van der Waals surface area contributed by atoms with Crippen molar-refractivity contribution in [2.75, 3.05) is 25.0 Å². The topological polar surface area (TPSA) is 75.4 Å². The predicted molar refractivity (Wildman–Crippen MR) is 97.3 cm³/mol. The largest absolute Gasteiger partial charge is 0.339 e. The summed E-state index contributed by atoms with van der Waals surface area (Å²) in [5.41, 5.74) is 7.18. The lowest BCUT2D eigenvalue weighted by atomic mass is 9.95. The Morgan fingerprint density at radius 1 is 1.08 bits per heavy atom. The number of carbonyl (C=O) groups is 2. The molecule has 3 rings (SSSR count). The van der Waals surface area contributed by atoms with E-state index in [9.17, 15) is 9.59 Å². The number of nitrogens with zero attached hydrogens (tertiary/aromatic N) is 1. The Kier molecular flexibility index (Phi) is 6.63. The fourth-order valence-corrected chi connectivity index (χ4v) is 3.70. The number of carbonyl (C=O) groups excluding carboxylic acids is 2. The molecule has 0 aromatic heterocycles. The monoisotopic (exact) mass is 351 g/mol. The zero-order valence-electron chi connectivity index (χ0n) is 13.9. The van der Waals surface area contributed by atoms with Crippen molar-refractivity contribution in [3.63, 3.8) is 0 Å². The van der Waals surface area contributed by atoms with Crippen molar-refractivity contribution in [3.05, 3.63) is 29.8 Å². The van der Waals surface area contributed by atoms with Gasteiger partial charge in [-0.15, -0.1) is 12.4 Å². The number of halogens is 1. The second-order valence-corrected chi connectivity index (χ2v) is 6.60. The van der Waals surface area contributed by atoms with Crippen LogP contribution in [0.15, 0.2) is 24.3 Å². The van der Waals surface area contributed by atoms with Gasteiger partial charge in [-0.3, -0.25) is 9.59 Å². The molecule has 2 fully saturated rings. The number of nitrogens with two attached hydrogens (primary N) is 1. The second kappa shape index (κ2) is 8.49. The normalized spacial score (nSPS) is 23.0. The van der Waals surface area contributed by atoms with Crippen molar-refractivity contribution in [2.24, 2.45) is 17.6 Å². The maximum absolute atomic E-state index is 12.4. The van der Waals surface area contributed by atoms with Gasteiger partial charge in [0, 0.05) is 30.3 Å². The summed E-state index contributed by atoms with van der Waals surface area (Å²) in [6.07, 6.45) is 5.20.